The van der Waals surface area contributed by atoms with Gasteiger partial charge in [-0.3, -0.25) is 4.79 Å². The second-order valence-corrected chi connectivity index (χ2v) is 6.17. The molecule has 0 spiro atoms. The minimum atomic E-state index is -0.0762. The molecule has 4 heteroatoms. The summed E-state index contributed by atoms with van der Waals surface area (Å²) in [6, 6.07) is 17.3. The van der Waals surface area contributed by atoms with Crippen LogP contribution in [0, 0.1) is 6.92 Å². The summed E-state index contributed by atoms with van der Waals surface area (Å²) in [6.07, 6.45) is 0. The van der Waals surface area contributed by atoms with Gasteiger partial charge in [-0.15, -0.1) is 0 Å². The van der Waals surface area contributed by atoms with Crippen LogP contribution in [0.1, 0.15) is 12.5 Å². The number of rotatable bonds is 6. The van der Waals surface area contributed by atoms with E-state index in [1.165, 1.54) is 0 Å². The van der Waals surface area contributed by atoms with Gasteiger partial charge in [0.05, 0.1) is 0 Å². The zero-order chi connectivity index (χ0) is 15.9. The lowest BCUT2D eigenvalue weighted by atomic mass is 10.2. The smallest absolute Gasteiger partial charge is 0.264 e. The highest BCUT2D eigenvalue weighted by Gasteiger charge is 2.17. The van der Waals surface area contributed by atoms with Crippen molar-refractivity contribution in [2.75, 3.05) is 18.1 Å². The van der Waals surface area contributed by atoms with Gasteiger partial charge in [0, 0.05) is 17.5 Å². The molecule has 0 aliphatic carbocycles. The fourth-order valence-electron chi connectivity index (χ4n) is 2.08. The lowest BCUT2D eigenvalue weighted by Gasteiger charge is -2.24. The molecule has 2 aromatic rings. The number of hydrogen-bond acceptors (Lipinski definition) is 3. The highest BCUT2D eigenvalue weighted by molar-refractivity contribution is 7.81. The number of anilines is 1. The van der Waals surface area contributed by atoms with Crippen LogP contribution in [-0.2, 0) is 4.79 Å². The van der Waals surface area contributed by atoms with E-state index in [2.05, 4.69) is 12.6 Å². The Bertz CT molecular complexity index is 596. The van der Waals surface area contributed by atoms with Gasteiger partial charge in [0.2, 0.25) is 0 Å². The van der Waals surface area contributed by atoms with Crippen LogP contribution in [0.15, 0.2) is 54.6 Å². The maximum Gasteiger partial charge on any atom is 0.264 e. The molecule has 0 saturated heterocycles. The Morgan fingerprint density at radius 2 is 1.77 bits per heavy atom. The van der Waals surface area contributed by atoms with E-state index < -0.39 is 0 Å². The van der Waals surface area contributed by atoms with Crippen molar-refractivity contribution in [1.29, 1.82) is 0 Å². The van der Waals surface area contributed by atoms with E-state index in [-0.39, 0.29) is 17.8 Å². The molecule has 2 rings (SSSR count). The first-order valence-corrected chi connectivity index (χ1v) is 7.81. The molecule has 0 aliphatic heterocycles. The lowest BCUT2D eigenvalue weighted by Crippen LogP contribution is -2.38. The molecular formula is C18H21NO2S. The van der Waals surface area contributed by atoms with E-state index in [0.717, 1.165) is 11.3 Å². The molecule has 0 fully saturated rings. The molecule has 0 bridgehead atoms. The number of carbonyl (C=O) groups excluding carboxylic acids is 1. The van der Waals surface area contributed by atoms with E-state index >= 15 is 0 Å². The molecule has 0 aromatic heterocycles. The predicted molar refractivity (Wildman–Crippen MR) is 93.9 cm³/mol. The summed E-state index contributed by atoms with van der Waals surface area (Å²) in [6.45, 7) is 4.54. The summed E-state index contributed by atoms with van der Waals surface area (Å²) >= 11 is 4.40. The van der Waals surface area contributed by atoms with Crippen LogP contribution in [0.5, 0.6) is 5.75 Å². The molecule has 1 unspecified atom stereocenters. The van der Waals surface area contributed by atoms with Crippen molar-refractivity contribution in [1.82, 2.24) is 0 Å². The Hall–Kier alpha value is -1.94. The summed E-state index contributed by atoms with van der Waals surface area (Å²) in [4.78, 5) is 14.2. The summed E-state index contributed by atoms with van der Waals surface area (Å²) in [7, 11) is 0. The van der Waals surface area contributed by atoms with Crippen molar-refractivity contribution in [2.24, 2.45) is 0 Å². The first-order chi connectivity index (χ1) is 10.6. The second kappa shape index (κ2) is 7.90. The lowest BCUT2D eigenvalue weighted by molar-refractivity contribution is -0.120. The number of nitrogens with zero attached hydrogens (tertiary/aromatic N) is 1. The number of carbonyl (C=O) groups is 1. The number of hydrogen-bond donors (Lipinski definition) is 1. The van der Waals surface area contributed by atoms with Crippen LogP contribution in [0.3, 0.4) is 0 Å². The van der Waals surface area contributed by atoms with Crippen LogP contribution in [0.25, 0.3) is 0 Å². The molecule has 0 radical (unpaired) electrons. The standard InChI is InChI=1S/C18H21NO2S/c1-14-8-10-17(11-9-14)21-13-18(20)19(12-15(2)22)16-6-4-3-5-7-16/h3-11,15,22H,12-13H2,1-2H3. The number of para-hydroxylation sites is 1. The fourth-order valence-corrected chi connectivity index (χ4v) is 2.24. The van der Waals surface area contributed by atoms with Crippen molar-refractivity contribution in [3.05, 3.63) is 60.2 Å². The quantitative estimate of drug-likeness (QED) is 0.823. The van der Waals surface area contributed by atoms with Crippen molar-refractivity contribution >= 4 is 24.2 Å². The average molecular weight is 315 g/mol. The van der Waals surface area contributed by atoms with Gasteiger partial charge >= 0.3 is 0 Å². The van der Waals surface area contributed by atoms with E-state index in [9.17, 15) is 4.79 Å². The summed E-state index contributed by atoms with van der Waals surface area (Å²) < 4.78 is 5.59. The SMILES string of the molecule is Cc1ccc(OCC(=O)N(CC(C)S)c2ccccc2)cc1. The first kappa shape index (κ1) is 16.4. The van der Waals surface area contributed by atoms with Crippen molar-refractivity contribution in [2.45, 2.75) is 19.1 Å². The zero-order valence-corrected chi connectivity index (χ0v) is 13.8. The third-order valence-corrected chi connectivity index (χ3v) is 3.36. The van der Waals surface area contributed by atoms with Crippen molar-refractivity contribution in [3.63, 3.8) is 0 Å². The van der Waals surface area contributed by atoms with E-state index in [1.807, 2.05) is 68.4 Å². The Balaban J connectivity index is 2.04. The zero-order valence-electron chi connectivity index (χ0n) is 12.9. The Labute approximate surface area is 137 Å². The second-order valence-electron chi connectivity index (χ2n) is 5.29. The Morgan fingerprint density at radius 1 is 1.14 bits per heavy atom. The van der Waals surface area contributed by atoms with Gasteiger partial charge < -0.3 is 9.64 Å². The molecule has 22 heavy (non-hydrogen) atoms. The first-order valence-electron chi connectivity index (χ1n) is 7.29. The third-order valence-electron chi connectivity index (χ3n) is 3.20. The topological polar surface area (TPSA) is 29.5 Å². The maximum absolute atomic E-state index is 12.5. The summed E-state index contributed by atoms with van der Waals surface area (Å²) in [5.74, 6) is 0.624. The molecule has 3 nitrogen and oxygen atoms in total. The Kier molecular flexibility index (Phi) is 5.90. The molecule has 1 amide bonds. The predicted octanol–water partition coefficient (Wildman–Crippen LogP) is 3.73. The number of aryl methyl sites for hydroxylation is 1. The van der Waals surface area contributed by atoms with Crippen molar-refractivity contribution in [3.8, 4) is 5.75 Å². The Morgan fingerprint density at radius 3 is 2.36 bits per heavy atom. The van der Waals surface area contributed by atoms with Gasteiger partial charge in [0.25, 0.3) is 5.91 Å². The molecule has 0 heterocycles. The maximum atomic E-state index is 12.5. The molecule has 116 valence electrons. The number of benzene rings is 2. The van der Waals surface area contributed by atoms with Gasteiger partial charge in [-0.25, -0.2) is 0 Å². The molecule has 0 saturated carbocycles. The van der Waals surface area contributed by atoms with Crippen molar-refractivity contribution < 1.29 is 9.53 Å². The number of amides is 1. The number of ether oxygens (including phenoxy) is 1. The van der Waals surface area contributed by atoms with Crippen LogP contribution in [-0.4, -0.2) is 24.3 Å². The number of thiol groups is 1. The summed E-state index contributed by atoms with van der Waals surface area (Å²) in [5, 5.41) is 0.0866. The van der Waals surface area contributed by atoms with Crippen LogP contribution in [0.4, 0.5) is 5.69 Å². The molecule has 2 aromatic carbocycles. The average Bonchev–Trinajstić information content (AvgIpc) is 2.52. The minimum Gasteiger partial charge on any atom is -0.484 e. The van der Waals surface area contributed by atoms with Crippen LogP contribution in [0.2, 0.25) is 0 Å². The highest BCUT2D eigenvalue weighted by Crippen LogP contribution is 2.16. The van der Waals surface area contributed by atoms with E-state index in [4.69, 9.17) is 4.74 Å². The molecular weight excluding hydrogens is 294 g/mol. The molecule has 0 N–H and O–H groups in total. The minimum absolute atomic E-state index is 0.0124. The summed E-state index contributed by atoms with van der Waals surface area (Å²) in [5.41, 5.74) is 2.02. The van der Waals surface area contributed by atoms with Gasteiger partial charge in [-0.1, -0.05) is 42.8 Å². The normalized spacial score (nSPS) is 11.8. The van der Waals surface area contributed by atoms with Crippen LogP contribution < -0.4 is 9.64 Å². The van der Waals surface area contributed by atoms with Gasteiger partial charge in [-0.05, 0) is 31.2 Å². The van der Waals surface area contributed by atoms with Gasteiger partial charge in [0.15, 0.2) is 6.61 Å². The fraction of sp³-hybridized carbons (Fsp3) is 0.278. The molecule has 0 aliphatic rings. The molecule has 1 atom stereocenters. The largest absolute Gasteiger partial charge is 0.484 e. The van der Waals surface area contributed by atoms with E-state index in [0.29, 0.717) is 12.3 Å². The highest BCUT2D eigenvalue weighted by atomic mass is 32.1. The van der Waals surface area contributed by atoms with E-state index in [1.54, 1.807) is 4.90 Å². The van der Waals surface area contributed by atoms with Crippen LogP contribution >= 0.6 is 12.6 Å². The van der Waals surface area contributed by atoms with Gasteiger partial charge in [0.1, 0.15) is 5.75 Å². The monoisotopic (exact) mass is 315 g/mol. The third kappa shape index (κ3) is 4.81. The van der Waals surface area contributed by atoms with Gasteiger partial charge in [-0.2, -0.15) is 12.6 Å².